The molecule has 0 radical (unpaired) electrons. The molecule has 0 saturated carbocycles. The lowest BCUT2D eigenvalue weighted by atomic mass is 10.1. The van der Waals surface area contributed by atoms with Gasteiger partial charge in [-0.05, 0) is 19.9 Å². The fraction of sp³-hybridized carbons (Fsp3) is 0.588. The molecule has 2 N–H and O–H groups in total. The Kier molecular flexibility index (Phi) is 6.58. The van der Waals surface area contributed by atoms with E-state index >= 15 is 0 Å². The predicted octanol–water partition coefficient (Wildman–Crippen LogP) is -1.65. The zero-order chi connectivity index (χ0) is 18.4. The summed E-state index contributed by atoms with van der Waals surface area (Å²) in [5.74, 6) is 0.523. The van der Waals surface area contributed by atoms with E-state index in [9.17, 15) is 9.59 Å². The normalized spacial score (nSPS) is 13.0. The Morgan fingerprint density at radius 3 is 2.80 bits per heavy atom. The average molecular weight is 348 g/mol. The van der Waals surface area contributed by atoms with Gasteiger partial charge >= 0.3 is 0 Å². The van der Waals surface area contributed by atoms with Gasteiger partial charge in [-0.2, -0.15) is 5.10 Å². The van der Waals surface area contributed by atoms with Crippen molar-refractivity contribution in [1.29, 1.82) is 0 Å². The lowest BCUT2D eigenvalue weighted by molar-refractivity contribution is -0.120. The van der Waals surface area contributed by atoms with Gasteiger partial charge in [0.1, 0.15) is 0 Å². The summed E-state index contributed by atoms with van der Waals surface area (Å²) in [7, 11) is 7.51. The van der Waals surface area contributed by atoms with Crippen LogP contribution in [0.4, 0.5) is 5.82 Å². The summed E-state index contributed by atoms with van der Waals surface area (Å²) in [6.07, 6.45) is 4.99. The summed E-state index contributed by atoms with van der Waals surface area (Å²) in [6, 6.07) is 0. The van der Waals surface area contributed by atoms with Crippen LogP contribution in [0.3, 0.4) is 0 Å². The number of carbonyl (C=O) groups excluding carboxylic acids is 2. The molecule has 0 bridgehead atoms. The molecule has 25 heavy (non-hydrogen) atoms. The quantitative estimate of drug-likeness (QED) is 0.523. The molecule has 0 atom stereocenters. The number of aryl methyl sites for hydroxylation is 1. The van der Waals surface area contributed by atoms with Crippen molar-refractivity contribution in [2.45, 2.75) is 19.3 Å². The van der Waals surface area contributed by atoms with E-state index in [1.165, 1.54) is 10.6 Å². The van der Waals surface area contributed by atoms with Crippen LogP contribution < -0.4 is 26.1 Å². The molecule has 8 heteroatoms. The van der Waals surface area contributed by atoms with E-state index in [1.54, 1.807) is 7.05 Å². The minimum Gasteiger partial charge on any atom is -0.375 e. The van der Waals surface area contributed by atoms with Gasteiger partial charge in [-0.15, -0.1) is 0 Å². The highest BCUT2D eigenvalue weighted by Crippen LogP contribution is 2.13. The number of nitrogens with zero attached hydrogens (tertiary/aromatic N) is 4. The number of amides is 2. The molecule has 8 nitrogen and oxygen atoms in total. The van der Waals surface area contributed by atoms with Crippen LogP contribution >= 0.6 is 0 Å². The number of aromatic nitrogens is 2. The smallest absolute Gasteiger partial charge is 0.221 e. The van der Waals surface area contributed by atoms with Crippen molar-refractivity contribution in [3.63, 3.8) is 0 Å². The van der Waals surface area contributed by atoms with E-state index in [1.807, 2.05) is 18.8 Å². The number of fused-ring (bicyclic) bond motifs is 1. The zero-order valence-corrected chi connectivity index (χ0v) is 15.5. The van der Waals surface area contributed by atoms with E-state index in [0.29, 0.717) is 12.4 Å². The molecule has 1 aliphatic carbocycles. The van der Waals surface area contributed by atoms with Crippen molar-refractivity contribution in [3.05, 3.63) is 10.6 Å². The molecular formula is C17H28N6O2. The number of nitrogens with one attached hydrogen (secondary N) is 2. The third-order valence-corrected chi connectivity index (χ3v) is 4.48. The van der Waals surface area contributed by atoms with Gasteiger partial charge in [0.05, 0.1) is 5.35 Å². The highest BCUT2D eigenvalue weighted by atomic mass is 16.2. The molecule has 0 aliphatic heterocycles. The molecule has 0 aromatic carbocycles. The lowest BCUT2D eigenvalue weighted by Crippen LogP contribution is -2.41. The monoisotopic (exact) mass is 348 g/mol. The first-order chi connectivity index (χ1) is 12.0. The van der Waals surface area contributed by atoms with E-state index in [4.69, 9.17) is 0 Å². The number of hydrogen-bond donors (Lipinski definition) is 2. The van der Waals surface area contributed by atoms with E-state index in [-0.39, 0.29) is 12.3 Å². The predicted molar refractivity (Wildman–Crippen MR) is 98.2 cm³/mol. The van der Waals surface area contributed by atoms with E-state index in [2.05, 4.69) is 33.8 Å². The first-order valence-electron chi connectivity index (χ1n) is 8.58. The Morgan fingerprint density at radius 1 is 1.40 bits per heavy atom. The summed E-state index contributed by atoms with van der Waals surface area (Å²) < 4.78 is 1.84. The SMILES string of the molecule is CNCCN(C)C1=c2c(c(N(C=O)CCC(=O)NC)nn2C)=CCC1. The summed E-state index contributed by atoms with van der Waals surface area (Å²) in [4.78, 5) is 26.8. The van der Waals surface area contributed by atoms with Gasteiger partial charge in [0.25, 0.3) is 0 Å². The standard InChI is InChI=1S/C17H28N6O2/c1-18-9-11-21(3)14-7-5-6-13-16(14)22(4)20-17(13)23(12-24)10-8-15(25)19-2/h6,12,18H,5,7-11H2,1-4H3,(H,19,25). The van der Waals surface area contributed by atoms with Crippen LogP contribution in [0.25, 0.3) is 11.8 Å². The van der Waals surface area contributed by atoms with Crippen molar-refractivity contribution in [3.8, 4) is 0 Å². The van der Waals surface area contributed by atoms with E-state index < -0.39 is 0 Å². The van der Waals surface area contributed by atoms with Gasteiger partial charge in [-0.1, -0.05) is 6.08 Å². The summed E-state index contributed by atoms with van der Waals surface area (Å²) in [6.45, 7) is 2.11. The van der Waals surface area contributed by atoms with E-state index in [0.717, 1.165) is 42.9 Å². The third kappa shape index (κ3) is 4.19. The molecule has 1 aromatic heterocycles. The largest absolute Gasteiger partial charge is 0.375 e. The number of carbonyl (C=O) groups is 2. The molecule has 0 spiro atoms. The number of anilines is 1. The number of rotatable bonds is 9. The minimum absolute atomic E-state index is 0.0975. The molecule has 1 aromatic rings. The second kappa shape index (κ2) is 8.66. The Hall–Kier alpha value is -2.35. The molecule has 2 rings (SSSR count). The van der Waals surface area contributed by atoms with Crippen LogP contribution in [-0.4, -0.2) is 67.8 Å². The summed E-state index contributed by atoms with van der Waals surface area (Å²) in [5, 5.41) is 12.3. The molecule has 138 valence electrons. The third-order valence-electron chi connectivity index (χ3n) is 4.48. The van der Waals surface area contributed by atoms with Gasteiger partial charge in [-0.3, -0.25) is 19.2 Å². The fourth-order valence-electron chi connectivity index (χ4n) is 3.08. The zero-order valence-electron chi connectivity index (χ0n) is 15.5. The maximum Gasteiger partial charge on any atom is 0.221 e. The molecule has 0 fully saturated rings. The topological polar surface area (TPSA) is 82.5 Å². The maximum atomic E-state index is 11.6. The molecule has 1 heterocycles. The second-order valence-electron chi connectivity index (χ2n) is 6.15. The Labute approximate surface area is 148 Å². The van der Waals surface area contributed by atoms with Crippen LogP contribution in [0.1, 0.15) is 19.3 Å². The van der Waals surface area contributed by atoms with Crippen molar-refractivity contribution in [2.75, 3.05) is 45.7 Å². The molecule has 0 unspecified atom stereocenters. The summed E-state index contributed by atoms with van der Waals surface area (Å²) >= 11 is 0. The van der Waals surface area contributed by atoms with Crippen molar-refractivity contribution in [1.82, 2.24) is 25.3 Å². The van der Waals surface area contributed by atoms with Gasteiger partial charge in [0.15, 0.2) is 5.82 Å². The highest BCUT2D eigenvalue weighted by Gasteiger charge is 2.19. The van der Waals surface area contributed by atoms with Gasteiger partial charge in [0, 0.05) is 58.1 Å². The van der Waals surface area contributed by atoms with Gasteiger partial charge in [0.2, 0.25) is 12.3 Å². The van der Waals surface area contributed by atoms with Crippen molar-refractivity contribution in [2.24, 2.45) is 7.05 Å². The molecular weight excluding hydrogens is 320 g/mol. The summed E-state index contributed by atoms with van der Waals surface area (Å²) in [5.41, 5.74) is 1.23. The lowest BCUT2D eigenvalue weighted by Gasteiger charge is -2.24. The molecule has 0 saturated heterocycles. The van der Waals surface area contributed by atoms with Crippen LogP contribution in [-0.2, 0) is 16.6 Å². The van der Waals surface area contributed by atoms with Crippen LogP contribution in [0.15, 0.2) is 0 Å². The second-order valence-corrected chi connectivity index (χ2v) is 6.15. The molecule has 1 aliphatic rings. The van der Waals surface area contributed by atoms with Crippen LogP contribution in [0, 0.1) is 0 Å². The van der Waals surface area contributed by atoms with Crippen molar-refractivity contribution >= 4 is 29.9 Å². The minimum atomic E-state index is -0.0975. The Balaban J connectivity index is 2.41. The first-order valence-corrected chi connectivity index (χ1v) is 8.58. The van der Waals surface area contributed by atoms with Gasteiger partial charge < -0.3 is 15.5 Å². The first kappa shape index (κ1) is 19.0. The van der Waals surface area contributed by atoms with Crippen molar-refractivity contribution < 1.29 is 9.59 Å². The van der Waals surface area contributed by atoms with Crippen LogP contribution in [0.2, 0.25) is 0 Å². The molecule has 2 amide bonds. The maximum absolute atomic E-state index is 11.6. The fourth-order valence-corrected chi connectivity index (χ4v) is 3.08. The van der Waals surface area contributed by atoms with Crippen LogP contribution in [0.5, 0.6) is 0 Å². The Bertz CT molecular complexity index is 739. The number of likely N-dealkylation sites (N-methyl/N-ethyl adjacent to an activating group) is 2. The Morgan fingerprint density at radius 2 is 2.16 bits per heavy atom. The average Bonchev–Trinajstić information content (AvgIpc) is 2.97. The highest BCUT2D eigenvalue weighted by molar-refractivity contribution is 5.79. The van der Waals surface area contributed by atoms with Gasteiger partial charge in [-0.25, -0.2) is 0 Å². The number of hydrogen-bond acceptors (Lipinski definition) is 5.